The van der Waals surface area contributed by atoms with Crippen LogP contribution < -0.4 is 5.32 Å². The van der Waals surface area contributed by atoms with Gasteiger partial charge in [0.25, 0.3) is 0 Å². The molecule has 0 aromatic heterocycles. The number of rotatable bonds is 8. The fourth-order valence-electron chi connectivity index (χ4n) is 3.17. The topological polar surface area (TPSA) is 12.0 Å². The molecule has 0 aliphatic heterocycles. The Morgan fingerprint density at radius 2 is 1.67 bits per heavy atom. The van der Waals surface area contributed by atoms with E-state index in [1.165, 1.54) is 30.4 Å². The third-order valence-electron chi connectivity index (χ3n) is 4.03. The molecule has 2 unspecified atom stereocenters. The van der Waals surface area contributed by atoms with Gasteiger partial charge in [-0.15, -0.1) is 0 Å². The number of benzene rings is 1. The summed E-state index contributed by atoms with van der Waals surface area (Å²) in [6, 6.07) is 9.69. The van der Waals surface area contributed by atoms with E-state index < -0.39 is 0 Å². The lowest BCUT2D eigenvalue weighted by Crippen LogP contribution is -2.25. The molecule has 1 heteroatoms. The van der Waals surface area contributed by atoms with E-state index in [2.05, 4.69) is 71.1 Å². The molecule has 0 spiro atoms. The maximum atomic E-state index is 3.74. The number of hydrogen-bond donors (Lipinski definition) is 1. The first-order valence-electron chi connectivity index (χ1n) is 8.68. The maximum absolute atomic E-state index is 3.74. The normalized spacial score (nSPS) is 15.0. The molecule has 1 aromatic rings. The second kappa shape index (κ2) is 8.58. The first kappa shape index (κ1) is 18.2. The van der Waals surface area contributed by atoms with E-state index in [1.54, 1.807) is 0 Å². The number of hydrogen-bond acceptors (Lipinski definition) is 1. The van der Waals surface area contributed by atoms with Gasteiger partial charge in [0.1, 0.15) is 0 Å². The molecule has 0 heterocycles. The van der Waals surface area contributed by atoms with Gasteiger partial charge in [0.05, 0.1) is 0 Å². The largest absolute Gasteiger partial charge is 0.310 e. The van der Waals surface area contributed by atoms with Crippen molar-refractivity contribution in [1.82, 2.24) is 5.32 Å². The zero-order valence-electron chi connectivity index (χ0n) is 15.0. The molecule has 21 heavy (non-hydrogen) atoms. The fraction of sp³-hybridized carbons (Fsp3) is 0.700. The highest BCUT2D eigenvalue weighted by atomic mass is 14.9. The van der Waals surface area contributed by atoms with E-state index in [9.17, 15) is 0 Å². The Balaban J connectivity index is 2.74. The van der Waals surface area contributed by atoms with Gasteiger partial charge >= 0.3 is 0 Å². The summed E-state index contributed by atoms with van der Waals surface area (Å²) in [5.41, 5.74) is 3.29. The summed E-state index contributed by atoms with van der Waals surface area (Å²) in [7, 11) is 0. The second-order valence-corrected chi connectivity index (χ2v) is 7.71. The first-order chi connectivity index (χ1) is 9.85. The molecule has 1 aromatic carbocycles. The Morgan fingerprint density at radius 1 is 1.05 bits per heavy atom. The zero-order valence-corrected chi connectivity index (χ0v) is 15.0. The maximum Gasteiger partial charge on any atom is 0.0322 e. The van der Waals surface area contributed by atoms with E-state index in [4.69, 9.17) is 0 Å². The Bertz CT molecular complexity index is 385. The molecule has 0 amide bonds. The van der Waals surface area contributed by atoms with Gasteiger partial charge in [-0.05, 0) is 54.7 Å². The van der Waals surface area contributed by atoms with Gasteiger partial charge in [-0.1, -0.05) is 65.8 Å². The predicted octanol–water partition coefficient (Wildman–Crippen LogP) is 5.75. The summed E-state index contributed by atoms with van der Waals surface area (Å²) < 4.78 is 0. The Morgan fingerprint density at radius 3 is 2.14 bits per heavy atom. The zero-order chi connectivity index (χ0) is 15.9. The van der Waals surface area contributed by atoms with Crippen LogP contribution in [0.1, 0.15) is 78.0 Å². The van der Waals surface area contributed by atoms with Crippen LogP contribution in [0.2, 0.25) is 0 Å². The molecule has 1 nitrogen and oxygen atoms in total. The third-order valence-corrected chi connectivity index (χ3v) is 4.03. The standard InChI is InChI=1S/C20H35N/c1-7-13-21-19(14-16(3)15-20(4,5)6)18-11-9-17(8-2)10-12-18/h9-12,16,19,21H,7-8,13-15H2,1-6H3. The molecule has 0 saturated carbocycles. The highest BCUT2D eigenvalue weighted by Crippen LogP contribution is 2.30. The lowest BCUT2D eigenvalue weighted by Gasteiger charge is -2.27. The van der Waals surface area contributed by atoms with Gasteiger partial charge in [-0.2, -0.15) is 0 Å². The molecule has 120 valence electrons. The molecule has 0 radical (unpaired) electrons. The minimum absolute atomic E-state index is 0.417. The summed E-state index contributed by atoms with van der Waals surface area (Å²) >= 11 is 0. The van der Waals surface area contributed by atoms with Crippen molar-refractivity contribution >= 4 is 0 Å². The molecule has 2 atom stereocenters. The molecule has 0 aliphatic rings. The number of aryl methyl sites for hydroxylation is 1. The second-order valence-electron chi connectivity index (χ2n) is 7.71. The number of nitrogens with one attached hydrogen (secondary N) is 1. The fourth-order valence-corrected chi connectivity index (χ4v) is 3.17. The smallest absolute Gasteiger partial charge is 0.0322 e. The quantitative estimate of drug-likeness (QED) is 0.642. The van der Waals surface area contributed by atoms with Crippen molar-refractivity contribution in [2.75, 3.05) is 6.54 Å². The average molecular weight is 290 g/mol. The predicted molar refractivity (Wildman–Crippen MR) is 94.7 cm³/mol. The van der Waals surface area contributed by atoms with Gasteiger partial charge in [0, 0.05) is 6.04 Å². The summed E-state index contributed by atoms with van der Waals surface area (Å²) in [6.07, 6.45) is 4.82. The Hall–Kier alpha value is -0.820. The van der Waals surface area contributed by atoms with Crippen LogP contribution in [0.4, 0.5) is 0 Å². The van der Waals surface area contributed by atoms with Crippen molar-refractivity contribution in [2.45, 2.75) is 73.3 Å². The minimum Gasteiger partial charge on any atom is -0.310 e. The van der Waals surface area contributed by atoms with E-state index in [0.717, 1.165) is 18.9 Å². The van der Waals surface area contributed by atoms with Crippen LogP contribution in [0.3, 0.4) is 0 Å². The average Bonchev–Trinajstić information content (AvgIpc) is 2.41. The molecule has 0 saturated heterocycles. The summed E-state index contributed by atoms with van der Waals surface area (Å²) in [4.78, 5) is 0. The van der Waals surface area contributed by atoms with Crippen molar-refractivity contribution in [1.29, 1.82) is 0 Å². The van der Waals surface area contributed by atoms with Gasteiger partial charge in [0.15, 0.2) is 0 Å². The summed E-state index contributed by atoms with van der Waals surface area (Å²) in [5.74, 6) is 0.741. The SMILES string of the molecule is CCCNC(CC(C)CC(C)(C)C)c1ccc(CC)cc1. The van der Waals surface area contributed by atoms with Crippen LogP contribution in [0, 0.1) is 11.3 Å². The Labute approximate surface area is 132 Å². The van der Waals surface area contributed by atoms with Crippen molar-refractivity contribution in [3.05, 3.63) is 35.4 Å². The van der Waals surface area contributed by atoms with Gasteiger partial charge in [0.2, 0.25) is 0 Å². The first-order valence-corrected chi connectivity index (χ1v) is 8.68. The van der Waals surface area contributed by atoms with Crippen molar-refractivity contribution in [3.63, 3.8) is 0 Å². The molecule has 0 bridgehead atoms. The summed E-state index contributed by atoms with van der Waals surface area (Å²) in [6.45, 7) is 15.0. The van der Waals surface area contributed by atoms with E-state index >= 15 is 0 Å². The van der Waals surface area contributed by atoms with Gasteiger partial charge in [-0.3, -0.25) is 0 Å². The van der Waals surface area contributed by atoms with Crippen LogP contribution in [-0.4, -0.2) is 6.54 Å². The van der Waals surface area contributed by atoms with E-state index in [1.807, 2.05) is 0 Å². The van der Waals surface area contributed by atoms with Crippen LogP contribution in [0.25, 0.3) is 0 Å². The van der Waals surface area contributed by atoms with Crippen molar-refractivity contribution in [3.8, 4) is 0 Å². The molecule has 1 N–H and O–H groups in total. The van der Waals surface area contributed by atoms with Crippen LogP contribution in [0.5, 0.6) is 0 Å². The molecule has 1 rings (SSSR count). The summed E-state index contributed by atoms with van der Waals surface area (Å²) in [5, 5.41) is 3.74. The van der Waals surface area contributed by atoms with E-state index in [0.29, 0.717) is 11.5 Å². The highest BCUT2D eigenvalue weighted by Gasteiger charge is 2.19. The lowest BCUT2D eigenvalue weighted by molar-refractivity contribution is 0.276. The molecule has 0 fully saturated rings. The third kappa shape index (κ3) is 7.13. The highest BCUT2D eigenvalue weighted by molar-refractivity contribution is 5.25. The molecule has 0 aliphatic carbocycles. The van der Waals surface area contributed by atoms with Crippen LogP contribution in [0.15, 0.2) is 24.3 Å². The molecular formula is C20H35N. The van der Waals surface area contributed by atoms with Crippen LogP contribution in [-0.2, 0) is 6.42 Å². The lowest BCUT2D eigenvalue weighted by atomic mass is 9.82. The molecular weight excluding hydrogens is 254 g/mol. The van der Waals surface area contributed by atoms with Crippen molar-refractivity contribution < 1.29 is 0 Å². The van der Waals surface area contributed by atoms with Gasteiger partial charge < -0.3 is 5.32 Å². The van der Waals surface area contributed by atoms with Crippen molar-refractivity contribution in [2.24, 2.45) is 11.3 Å². The minimum atomic E-state index is 0.417. The monoisotopic (exact) mass is 289 g/mol. The van der Waals surface area contributed by atoms with Gasteiger partial charge in [-0.25, -0.2) is 0 Å². The Kier molecular flexibility index (Phi) is 7.45. The van der Waals surface area contributed by atoms with Crippen LogP contribution >= 0.6 is 0 Å². The van der Waals surface area contributed by atoms with E-state index in [-0.39, 0.29) is 0 Å².